The Bertz CT molecular complexity index is 699. The number of benzene rings is 1. The lowest BCUT2D eigenvalue weighted by atomic mass is 10.0. The summed E-state index contributed by atoms with van der Waals surface area (Å²) in [4.78, 5) is 9.22. The molecule has 0 saturated carbocycles. The maximum Gasteiger partial charge on any atom is 0.235 e. The molecule has 4 atom stereocenters. The third-order valence-electron chi connectivity index (χ3n) is 4.00. The highest BCUT2D eigenvalue weighted by atomic mass is 35.5. The van der Waals surface area contributed by atoms with Crippen molar-refractivity contribution < 1.29 is 14.9 Å². The van der Waals surface area contributed by atoms with Gasteiger partial charge in [-0.1, -0.05) is 23.2 Å². The molecule has 8 heteroatoms. The van der Waals surface area contributed by atoms with E-state index in [1.54, 1.807) is 19.1 Å². The van der Waals surface area contributed by atoms with Crippen LogP contribution in [0.5, 0.6) is 0 Å². The molecular formula is C15H19Cl2N3O3. The molecule has 0 bridgehead atoms. The molecule has 4 unspecified atom stereocenters. The van der Waals surface area contributed by atoms with E-state index < -0.39 is 30.2 Å². The molecule has 1 saturated heterocycles. The summed E-state index contributed by atoms with van der Waals surface area (Å²) < 4.78 is 5.75. The fourth-order valence-electron chi connectivity index (χ4n) is 2.98. The summed E-state index contributed by atoms with van der Waals surface area (Å²) in [6.45, 7) is 5.58. The lowest BCUT2D eigenvalue weighted by Crippen LogP contribution is -2.58. The molecule has 2 heterocycles. The molecule has 0 radical (unpaired) electrons. The molecule has 3 N–H and O–H groups in total. The second-order valence-electron chi connectivity index (χ2n) is 6.25. The van der Waals surface area contributed by atoms with Gasteiger partial charge >= 0.3 is 0 Å². The number of rotatable bonds is 3. The highest BCUT2D eigenvalue weighted by Crippen LogP contribution is 2.32. The van der Waals surface area contributed by atoms with Crippen molar-refractivity contribution in [2.24, 2.45) is 9.98 Å². The summed E-state index contributed by atoms with van der Waals surface area (Å²) >= 11 is 12.1. The van der Waals surface area contributed by atoms with Crippen molar-refractivity contribution in [2.45, 2.75) is 57.0 Å². The van der Waals surface area contributed by atoms with Gasteiger partial charge in [0, 0.05) is 6.04 Å². The zero-order valence-corrected chi connectivity index (χ0v) is 14.5. The summed E-state index contributed by atoms with van der Waals surface area (Å²) in [5.41, 5.74) is 0. The third-order valence-corrected chi connectivity index (χ3v) is 4.72. The number of fused-ring (bicyclic) bond motifs is 1. The van der Waals surface area contributed by atoms with Crippen molar-refractivity contribution in [3.05, 3.63) is 32.9 Å². The van der Waals surface area contributed by atoms with E-state index in [2.05, 4.69) is 15.3 Å². The molecule has 23 heavy (non-hydrogen) atoms. The van der Waals surface area contributed by atoms with Gasteiger partial charge in [-0.3, -0.25) is 5.32 Å². The van der Waals surface area contributed by atoms with Crippen LogP contribution in [-0.2, 0) is 4.74 Å². The molecule has 2 aliphatic heterocycles. The standard InChI is InChI=1S/C15H19Cl2N3O3/c1-6(2)18-15(14-13(22)12(21)7(3)23-14)19-10-4-8(16)9(17)5-11(10)20-15/h4-7,12-14,18,21-22H,1-3H3. The normalized spacial score (nSPS) is 31.8. The largest absolute Gasteiger partial charge is 0.388 e. The highest BCUT2D eigenvalue weighted by Gasteiger charge is 2.53. The number of halogens is 2. The average Bonchev–Trinajstić information content (AvgIpc) is 2.92. The zero-order valence-electron chi connectivity index (χ0n) is 13.0. The predicted octanol–water partition coefficient (Wildman–Crippen LogP) is 0.407. The summed E-state index contributed by atoms with van der Waals surface area (Å²) in [5, 5.41) is 25.5. The molecule has 6 nitrogen and oxygen atoms in total. The van der Waals surface area contributed by atoms with E-state index in [1.807, 2.05) is 13.8 Å². The zero-order chi connectivity index (χ0) is 16.9. The Balaban J connectivity index is 2.12. The van der Waals surface area contributed by atoms with Gasteiger partial charge in [-0.2, -0.15) is 0 Å². The van der Waals surface area contributed by atoms with Crippen molar-refractivity contribution in [2.75, 3.05) is 0 Å². The number of ether oxygens (including phenoxy) is 1. The van der Waals surface area contributed by atoms with Crippen molar-refractivity contribution in [1.29, 1.82) is 0 Å². The van der Waals surface area contributed by atoms with Gasteiger partial charge in [0.1, 0.15) is 18.3 Å². The molecule has 0 amide bonds. The Hall–Kier alpha value is -0.760. The van der Waals surface area contributed by atoms with Crippen LogP contribution < -0.4 is 16.0 Å². The van der Waals surface area contributed by atoms with E-state index in [0.29, 0.717) is 20.8 Å². The van der Waals surface area contributed by atoms with E-state index in [4.69, 9.17) is 27.9 Å². The number of nitrogens with zero attached hydrogens (tertiary/aromatic N) is 2. The number of nitrogens with one attached hydrogen (secondary N) is 1. The van der Waals surface area contributed by atoms with Crippen LogP contribution in [0.1, 0.15) is 20.8 Å². The van der Waals surface area contributed by atoms with Crippen LogP contribution in [0.15, 0.2) is 22.1 Å². The van der Waals surface area contributed by atoms with E-state index in [9.17, 15) is 10.2 Å². The van der Waals surface area contributed by atoms with Crippen LogP contribution >= 0.6 is 23.2 Å². The molecule has 2 aliphatic rings. The van der Waals surface area contributed by atoms with Gasteiger partial charge in [-0.15, -0.1) is 0 Å². The first kappa shape index (κ1) is 17.1. The molecule has 0 aromatic heterocycles. The maximum atomic E-state index is 10.4. The van der Waals surface area contributed by atoms with Crippen molar-refractivity contribution in [3.63, 3.8) is 0 Å². The van der Waals surface area contributed by atoms with Crippen LogP contribution in [0.4, 0.5) is 0 Å². The predicted molar refractivity (Wildman–Crippen MR) is 86.1 cm³/mol. The first-order valence-electron chi connectivity index (χ1n) is 7.47. The Labute approximate surface area is 143 Å². The second-order valence-corrected chi connectivity index (χ2v) is 7.06. The van der Waals surface area contributed by atoms with E-state index in [1.165, 1.54) is 0 Å². The van der Waals surface area contributed by atoms with Gasteiger partial charge in [-0.05, 0) is 32.9 Å². The quantitative estimate of drug-likeness (QED) is 0.729. The maximum absolute atomic E-state index is 10.4. The Morgan fingerprint density at radius 3 is 2.04 bits per heavy atom. The Kier molecular flexibility index (Phi) is 4.42. The molecule has 126 valence electrons. The summed E-state index contributed by atoms with van der Waals surface area (Å²) in [6, 6.07) is 3.29. The summed E-state index contributed by atoms with van der Waals surface area (Å²) in [5.74, 6) is -1.23. The lowest BCUT2D eigenvalue weighted by molar-refractivity contribution is -0.0432. The van der Waals surface area contributed by atoms with E-state index in [0.717, 1.165) is 0 Å². The van der Waals surface area contributed by atoms with Crippen LogP contribution in [0.3, 0.4) is 0 Å². The first-order valence-corrected chi connectivity index (χ1v) is 8.23. The monoisotopic (exact) mass is 359 g/mol. The van der Waals surface area contributed by atoms with Gasteiger partial charge in [0.25, 0.3) is 0 Å². The van der Waals surface area contributed by atoms with Crippen LogP contribution in [0.2, 0.25) is 10.0 Å². The highest BCUT2D eigenvalue weighted by molar-refractivity contribution is 6.41. The van der Waals surface area contributed by atoms with E-state index in [-0.39, 0.29) is 6.04 Å². The molecule has 1 aromatic rings. The lowest BCUT2D eigenvalue weighted by Gasteiger charge is -2.33. The number of hydrogen-bond donors (Lipinski definition) is 3. The number of hydrogen-bond acceptors (Lipinski definition) is 6. The smallest absolute Gasteiger partial charge is 0.235 e. The summed E-state index contributed by atoms with van der Waals surface area (Å²) in [6.07, 6.45) is -3.43. The molecule has 0 aliphatic carbocycles. The van der Waals surface area contributed by atoms with Crippen LogP contribution in [0, 0.1) is 0 Å². The first-order chi connectivity index (χ1) is 10.7. The Morgan fingerprint density at radius 2 is 1.65 bits per heavy atom. The molecule has 1 aromatic carbocycles. The fraction of sp³-hybridized carbons (Fsp3) is 0.600. The minimum absolute atomic E-state index is 0.0200. The second kappa shape index (κ2) is 5.95. The van der Waals surface area contributed by atoms with Crippen LogP contribution in [0.25, 0.3) is 0 Å². The number of aliphatic hydroxyl groups excluding tert-OH is 2. The molecule has 0 spiro atoms. The van der Waals surface area contributed by atoms with Gasteiger partial charge in [0.05, 0.1) is 26.9 Å². The van der Waals surface area contributed by atoms with Gasteiger partial charge in [0.2, 0.25) is 5.79 Å². The third kappa shape index (κ3) is 2.88. The molecular weight excluding hydrogens is 341 g/mol. The summed E-state index contributed by atoms with van der Waals surface area (Å²) in [7, 11) is 0. The minimum atomic E-state index is -1.23. The van der Waals surface area contributed by atoms with Crippen molar-refractivity contribution >= 4 is 23.2 Å². The Morgan fingerprint density at radius 1 is 1.13 bits per heavy atom. The van der Waals surface area contributed by atoms with Crippen molar-refractivity contribution in [3.8, 4) is 0 Å². The van der Waals surface area contributed by atoms with Gasteiger partial charge in [-0.25, -0.2) is 9.98 Å². The van der Waals surface area contributed by atoms with Gasteiger partial charge < -0.3 is 14.9 Å². The SMILES string of the molecule is CC(C)NC1(C2OC(C)C(O)C2O)N=c2cc(Cl)c(Cl)cc2=N1. The van der Waals surface area contributed by atoms with E-state index >= 15 is 0 Å². The van der Waals surface area contributed by atoms with Crippen molar-refractivity contribution in [1.82, 2.24) is 5.32 Å². The topological polar surface area (TPSA) is 86.4 Å². The minimum Gasteiger partial charge on any atom is -0.388 e. The molecule has 3 rings (SSSR count). The average molecular weight is 360 g/mol. The molecule has 1 fully saturated rings. The number of aliphatic hydroxyl groups is 2. The van der Waals surface area contributed by atoms with Gasteiger partial charge in [0.15, 0.2) is 0 Å². The van der Waals surface area contributed by atoms with Crippen LogP contribution in [-0.4, -0.2) is 46.5 Å². The fourth-order valence-corrected chi connectivity index (χ4v) is 3.29.